The minimum Gasteiger partial charge on any atom is -0.491 e. The zero-order valence-corrected chi connectivity index (χ0v) is 19.8. The molecular weight excluding hydrogens is 436 g/mol. The van der Waals surface area contributed by atoms with Crippen molar-refractivity contribution in [1.82, 2.24) is 0 Å². The molecule has 3 aliphatic rings. The summed E-state index contributed by atoms with van der Waals surface area (Å²) in [5.41, 5.74) is 2.02. The molecular formula is C27H32O7. The van der Waals surface area contributed by atoms with Crippen molar-refractivity contribution in [2.24, 2.45) is 0 Å². The average Bonchev–Trinajstić information content (AvgIpc) is 3.19. The van der Waals surface area contributed by atoms with Crippen molar-refractivity contribution in [2.75, 3.05) is 7.11 Å². The van der Waals surface area contributed by atoms with Crippen molar-refractivity contribution in [3.63, 3.8) is 0 Å². The van der Waals surface area contributed by atoms with Crippen LogP contribution in [0.2, 0.25) is 0 Å². The maximum atomic E-state index is 12.6. The van der Waals surface area contributed by atoms with Gasteiger partial charge < -0.3 is 18.9 Å². The first kappa shape index (κ1) is 25.3. The molecule has 34 heavy (non-hydrogen) atoms. The Labute approximate surface area is 200 Å². The van der Waals surface area contributed by atoms with E-state index >= 15 is 0 Å². The maximum Gasteiger partial charge on any atom is 0.339 e. The Balaban J connectivity index is 1.56. The number of carbonyl (C=O) groups excluding carboxylic acids is 3. The van der Waals surface area contributed by atoms with Crippen LogP contribution in [0.3, 0.4) is 0 Å². The molecule has 1 aliphatic heterocycles. The van der Waals surface area contributed by atoms with Gasteiger partial charge in [0, 0.05) is 36.5 Å². The molecule has 2 atom stereocenters. The first-order valence-corrected chi connectivity index (χ1v) is 11.7. The van der Waals surface area contributed by atoms with E-state index in [1.165, 1.54) is 13.2 Å². The van der Waals surface area contributed by atoms with Crippen LogP contribution in [0.25, 0.3) is 0 Å². The quantitative estimate of drug-likeness (QED) is 0.256. The number of hydrogen-bond donors (Lipinski definition) is 0. The van der Waals surface area contributed by atoms with Crippen molar-refractivity contribution in [2.45, 2.75) is 70.5 Å². The van der Waals surface area contributed by atoms with Gasteiger partial charge >= 0.3 is 17.9 Å². The van der Waals surface area contributed by atoms with E-state index in [1.54, 1.807) is 24.3 Å². The molecule has 2 aliphatic carbocycles. The molecule has 0 N–H and O–H groups in total. The normalized spacial score (nSPS) is 21.2. The predicted octanol–water partition coefficient (Wildman–Crippen LogP) is 4.91. The first-order valence-electron chi connectivity index (χ1n) is 11.7. The third-order valence-electron chi connectivity index (χ3n) is 5.93. The van der Waals surface area contributed by atoms with Crippen LogP contribution in [0.4, 0.5) is 0 Å². The van der Waals surface area contributed by atoms with Gasteiger partial charge in [0.1, 0.15) is 18.0 Å². The van der Waals surface area contributed by atoms with Crippen molar-refractivity contribution < 1.29 is 33.3 Å². The van der Waals surface area contributed by atoms with E-state index in [2.05, 4.69) is 18.2 Å². The fourth-order valence-corrected chi connectivity index (χ4v) is 3.89. The molecule has 0 spiro atoms. The Morgan fingerprint density at radius 1 is 1.15 bits per heavy atom. The van der Waals surface area contributed by atoms with Gasteiger partial charge in [0.25, 0.3) is 0 Å². The predicted molar refractivity (Wildman–Crippen MR) is 126 cm³/mol. The van der Waals surface area contributed by atoms with Gasteiger partial charge in [-0.3, -0.25) is 0 Å². The second-order valence-corrected chi connectivity index (χ2v) is 8.50. The van der Waals surface area contributed by atoms with Gasteiger partial charge in [-0.25, -0.2) is 14.4 Å². The zero-order valence-electron chi connectivity index (χ0n) is 19.8. The summed E-state index contributed by atoms with van der Waals surface area (Å²) >= 11 is 0. The highest BCUT2D eigenvalue weighted by Crippen LogP contribution is 2.30. The Morgan fingerprint density at radius 2 is 1.91 bits per heavy atom. The van der Waals surface area contributed by atoms with Gasteiger partial charge in [0.15, 0.2) is 0 Å². The fourth-order valence-electron chi connectivity index (χ4n) is 3.89. The molecule has 1 fully saturated rings. The maximum absolute atomic E-state index is 12.6. The van der Waals surface area contributed by atoms with Gasteiger partial charge in [0.05, 0.1) is 12.9 Å². The monoisotopic (exact) mass is 468 g/mol. The van der Waals surface area contributed by atoms with Crippen LogP contribution >= 0.6 is 0 Å². The minimum absolute atomic E-state index is 0.224. The highest BCUT2D eigenvalue weighted by molar-refractivity contribution is 5.90. The fraction of sp³-hybridized carbons (Fsp3) is 0.444. The summed E-state index contributed by atoms with van der Waals surface area (Å²) in [6.45, 7) is 5.87. The number of methoxy groups -OCH3 is 1. The molecule has 7 nitrogen and oxygen atoms in total. The molecule has 0 amide bonds. The molecule has 3 rings (SSSR count). The van der Waals surface area contributed by atoms with Gasteiger partial charge in [-0.2, -0.15) is 0 Å². The van der Waals surface area contributed by atoms with Crippen molar-refractivity contribution in [3.05, 3.63) is 71.3 Å². The van der Waals surface area contributed by atoms with Crippen LogP contribution in [-0.4, -0.2) is 37.2 Å². The lowest BCUT2D eigenvalue weighted by molar-refractivity contribution is -0.144. The molecule has 0 saturated carbocycles. The van der Waals surface area contributed by atoms with E-state index < -0.39 is 5.97 Å². The lowest BCUT2D eigenvalue weighted by atomic mass is 10.0. The SMILES string of the molecule is C=C1CC(C(CCCC)OC2=CC=C(C(=O)OC3=CC=C(/C=C/C(=O)OC)CC3)CC2)OC1=O. The van der Waals surface area contributed by atoms with Crippen molar-refractivity contribution >= 4 is 17.9 Å². The number of esters is 3. The highest BCUT2D eigenvalue weighted by atomic mass is 16.6. The van der Waals surface area contributed by atoms with Gasteiger partial charge in [-0.1, -0.05) is 32.1 Å². The molecule has 2 unspecified atom stereocenters. The Hall–Kier alpha value is -3.35. The Morgan fingerprint density at radius 3 is 2.50 bits per heavy atom. The number of cyclic esters (lactones) is 1. The molecule has 0 radical (unpaired) electrons. The van der Waals surface area contributed by atoms with E-state index in [9.17, 15) is 14.4 Å². The van der Waals surface area contributed by atoms with Crippen molar-refractivity contribution in [1.29, 1.82) is 0 Å². The van der Waals surface area contributed by atoms with Crippen LogP contribution in [0.15, 0.2) is 71.3 Å². The summed E-state index contributed by atoms with van der Waals surface area (Å²) in [5.74, 6) is 0.237. The molecule has 182 valence electrons. The van der Waals surface area contributed by atoms with Crippen LogP contribution in [-0.2, 0) is 33.3 Å². The molecule has 0 aromatic carbocycles. The summed E-state index contributed by atoms with van der Waals surface area (Å²) in [4.78, 5) is 35.5. The van der Waals surface area contributed by atoms with Crippen molar-refractivity contribution in [3.8, 4) is 0 Å². The lowest BCUT2D eigenvalue weighted by Gasteiger charge is -2.26. The van der Waals surface area contributed by atoms with Gasteiger partial charge in [0.2, 0.25) is 0 Å². The summed E-state index contributed by atoms with van der Waals surface area (Å²) in [6.07, 6.45) is 15.2. The second kappa shape index (κ2) is 12.2. The summed E-state index contributed by atoms with van der Waals surface area (Å²) in [7, 11) is 1.33. The largest absolute Gasteiger partial charge is 0.491 e. The second-order valence-electron chi connectivity index (χ2n) is 8.50. The third kappa shape index (κ3) is 7.07. The van der Waals surface area contributed by atoms with Gasteiger partial charge in [-0.15, -0.1) is 0 Å². The molecule has 1 heterocycles. The number of ether oxygens (including phenoxy) is 4. The smallest absolute Gasteiger partial charge is 0.339 e. The molecule has 0 aromatic heterocycles. The van der Waals surface area contributed by atoms with E-state index in [0.717, 1.165) is 30.6 Å². The van der Waals surface area contributed by atoms with E-state index in [0.29, 0.717) is 49.0 Å². The zero-order chi connectivity index (χ0) is 24.5. The van der Waals surface area contributed by atoms with Crippen LogP contribution in [0.5, 0.6) is 0 Å². The van der Waals surface area contributed by atoms with E-state index in [1.807, 2.05) is 6.08 Å². The lowest BCUT2D eigenvalue weighted by Crippen LogP contribution is -2.29. The molecule has 0 bridgehead atoms. The minimum atomic E-state index is -0.408. The van der Waals surface area contributed by atoms with Gasteiger partial charge in [-0.05, 0) is 49.5 Å². The third-order valence-corrected chi connectivity index (χ3v) is 5.93. The summed E-state index contributed by atoms with van der Waals surface area (Å²) < 4.78 is 21.8. The van der Waals surface area contributed by atoms with E-state index in [-0.39, 0.29) is 24.1 Å². The molecule has 7 heteroatoms. The summed E-state index contributed by atoms with van der Waals surface area (Å²) in [5, 5.41) is 0. The number of hydrogen-bond acceptors (Lipinski definition) is 7. The number of unbranched alkanes of at least 4 members (excludes halogenated alkanes) is 1. The van der Waals surface area contributed by atoms with Crippen LogP contribution in [0, 0.1) is 0 Å². The highest BCUT2D eigenvalue weighted by Gasteiger charge is 2.35. The Kier molecular flexibility index (Phi) is 9.08. The molecule has 1 saturated heterocycles. The Bertz CT molecular complexity index is 961. The van der Waals surface area contributed by atoms with Crippen LogP contribution in [0.1, 0.15) is 58.3 Å². The topological polar surface area (TPSA) is 88.1 Å². The molecule has 0 aromatic rings. The first-order chi connectivity index (χ1) is 16.4. The van der Waals surface area contributed by atoms with E-state index in [4.69, 9.17) is 14.2 Å². The number of carbonyl (C=O) groups is 3. The average molecular weight is 469 g/mol. The summed E-state index contributed by atoms with van der Waals surface area (Å²) in [6, 6.07) is 0. The van der Waals surface area contributed by atoms with Crippen LogP contribution < -0.4 is 0 Å². The number of allylic oxidation sites excluding steroid dienone is 8. The number of rotatable bonds is 10. The standard InChI is InChI=1S/C27H32O7/c1-4-5-6-23(24-17-18(2)26(29)34-24)32-21-14-10-20(11-15-21)27(30)33-22-12-7-19(8-13-22)9-16-25(28)31-3/h7,9-10,12,14,16,23-24H,2,4-6,8,11,13,15,17H2,1,3H3/b16-9+.